The number of rotatable bonds is 3. The molecule has 0 amide bonds. The number of nitrogens with one attached hydrogen (secondary N) is 1. The van der Waals surface area contributed by atoms with Crippen molar-refractivity contribution in [3.8, 4) is 0 Å². The average molecular weight is 293 g/mol. The minimum Gasteiger partial charge on any atom is -0.396 e. The first-order valence-corrected chi connectivity index (χ1v) is 6.03. The Morgan fingerprint density at radius 2 is 2.24 bits per heavy atom. The van der Waals surface area contributed by atoms with Crippen LogP contribution in [0.4, 0.5) is 11.5 Å². The lowest BCUT2D eigenvalue weighted by Gasteiger charge is -2.15. The fourth-order valence-corrected chi connectivity index (χ4v) is 1.85. The summed E-state index contributed by atoms with van der Waals surface area (Å²) in [6.07, 6.45) is 5.30. The quantitative estimate of drug-likeness (QED) is 0.913. The van der Waals surface area contributed by atoms with Gasteiger partial charge in [-0.2, -0.15) is 0 Å². The summed E-state index contributed by atoms with van der Waals surface area (Å²) in [7, 11) is 0. The molecular weight excluding hydrogens is 280 g/mol. The van der Waals surface area contributed by atoms with Gasteiger partial charge in [0.05, 0.1) is 11.7 Å². The van der Waals surface area contributed by atoms with Crippen molar-refractivity contribution in [1.29, 1.82) is 0 Å². The largest absolute Gasteiger partial charge is 0.396 e. The number of hydrogen-bond acceptors (Lipinski definition) is 4. The Bertz CT molecular complexity index is 501. The van der Waals surface area contributed by atoms with Gasteiger partial charge in [-0.25, -0.2) is 4.98 Å². The van der Waals surface area contributed by atoms with Gasteiger partial charge >= 0.3 is 0 Å². The second-order valence-corrected chi connectivity index (χ2v) is 4.66. The molecule has 0 aliphatic heterocycles. The van der Waals surface area contributed by atoms with Crippen LogP contribution < -0.4 is 11.1 Å². The molecule has 4 nitrogen and oxygen atoms in total. The smallest absolute Gasteiger partial charge is 0.149 e. The van der Waals surface area contributed by atoms with Gasteiger partial charge in [-0.05, 0) is 40.5 Å². The molecule has 0 radical (unpaired) electrons. The Balaban J connectivity index is 2.16. The first kappa shape index (κ1) is 11.9. The Labute approximate surface area is 108 Å². The Hall–Kier alpha value is -1.62. The number of nitrogens with two attached hydrogens (primary N) is 1. The highest BCUT2D eigenvalue weighted by Crippen LogP contribution is 2.24. The monoisotopic (exact) mass is 292 g/mol. The third-order valence-corrected chi connectivity index (χ3v) is 2.86. The molecule has 88 valence electrons. The van der Waals surface area contributed by atoms with Crippen molar-refractivity contribution < 1.29 is 0 Å². The molecule has 3 N–H and O–H groups in total. The van der Waals surface area contributed by atoms with Gasteiger partial charge in [0.2, 0.25) is 0 Å². The zero-order valence-electron chi connectivity index (χ0n) is 9.39. The standard InChI is InChI=1S/C12H13BrN4/c1-8(9-3-2-4-15-6-9)17-12-11(14)5-10(13)7-16-12/h2-8H,14H2,1H3,(H,16,17). The molecule has 0 bridgehead atoms. The Morgan fingerprint density at radius 3 is 2.88 bits per heavy atom. The van der Waals surface area contributed by atoms with Crippen molar-refractivity contribution >= 4 is 27.4 Å². The second kappa shape index (κ2) is 5.14. The highest BCUT2D eigenvalue weighted by Gasteiger charge is 2.08. The van der Waals surface area contributed by atoms with Crippen LogP contribution in [0.15, 0.2) is 41.3 Å². The number of hydrogen-bond donors (Lipinski definition) is 2. The normalized spacial score (nSPS) is 12.1. The average Bonchev–Trinajstić information content (AvgIpc) is 2.34. The summed E-state index contributed by atoms with van der Waals surface area (Å²) in [6.45, 7) is 2.04. The summed E-state index contributed by atoms with van der Waals surface area (Å²) in [5.74, 6) is 0.685. The SMILES string of the molecule is CC(Nc1ncc(Br)cc1N)c1cccnc1. The van der Waals surface area contributed by atoms with E-state index in [-0.39, 0.29) is 6.04 Å². The van der Waals surface area contributed by atoms with Crippen LogP contribution in [0.1, 0.15) is 18.5 Å². The molecule has 0 aromatic carbocycles. The van der Waals surface area contributed by atoms with E-state index >= 15 is 0 Å². The minimum absolute atomic E-state index is 0.111. The first-order chi connectivity index (χ1) is 8.16. The molecular formula is C12H13BrN4. The Morgan fingerprint density at radius 1 is 1.41 bits per heavy atom. The van der Waals surface area contributed by atoms with Crippen molar-refractivity contribution in [3.63, 3.8) is 0 Å². The maximum atomic E-state index is 5.88. The number of nitrogen functional groups attached to an aromatic ring is 1. The molecule has 0 saturated carbocycles. The Kier molecular flexibility index (Phi) is 3.58. The molecule has 17 heavy (non-hydrogen) atoms. The van der Waals surface area contributed by atoms with Gasteiger partial charge < -0.3 is 11.1 Å². The molecule has 2 rings (SSSR count). The van der Waals surface area contributed by atoms with Crippen molar-refractivity contribution in [2.24, 2.45) is 0 Å². The van der Waals surface area contributed by atoms with Gasteiger partial charge in [0.25, 0.3) is 0 Å². The molecule has 2 aromatic rings. The van der Waals surface area contributed by atoms with E-state index in [2.05, 4.69) is 31.2 Å². The molecule has 0 aliphatic rings. The predicted octanol–water partition coefficient (Wildman–Crippen LogP) is 2.99. The molecule has 1 atom stereocenters. The van der Waals surface area contributed by atoms with Crippen molar-refractivity contribution in [1.82, 2.24) is 9.97 Å². The zero-order chi connectivity index (χ0) is 12.3. The molecule has 5 heteroatoms. The minimum atomic E-state index is 0.111. The topological polar surface area (TPSA) is 63.8 Å². The third-order valence-electron chi connectivity index (χ3n) is 2.42. The summed E-state index contributed by atoms with van der Waals surface area (Å²) in [4.78, 5) is 8.32. The number of pyridine rings is 2. The van der Waals surface area contributed by atoms with Crippen molar-refractivity contribution in [3.05, 3.63) is 46.8 Å². The van der Waals surface area contributed by atoms with E-state index in [0.717, 1.165) is 10.0 Å². The molecule has 2 heterocycles. The third kappa shape index (κ3) is 2.94. The van der Waals surface area contributed by atoms with E-state index in [4.69, 9.17) is 5.73 Å². The fourth-order valence-electron chi connectivity index (χ4n) is 1.50. The summed E-state index contributed by atoms with van der Waals surface area (Å²) in [6, 6.07) is 5.86. The highest BCUT2D eigenvalue weighted by atomic mass is 79.9. The second-order valence-electron chi connectivity index (χ2n) is 3.74. The number of aromatic nitrogens is 2. The van der Waals surface area contributed by atoms with Crippen LogP contribution in [-0.2, 0) is 0 Å². The van der Waals surface area contributed by atoms with Gasteiger partial charge in [-0.1, -0.05) is 6.07 Å². The lowest BCUT2D eigenvalue weighted by atomic mass is 10.1. The fraction of sp³-hybridized carbons (Fsp3) is 0.167. The van der Waals surface area contributed by atoms with Crippen LogP contribution in [0.5, 0.6) is 0 Å². The van der Waals surface area contributed by atoms with Gasteiger partial charge in [0, 0.05) is 23.1 Å². The number of nitrogens with zero attached hydrogens (tertiary/aromatic N) is 2. The van der Waals surface area contributed by atoms with Gasteiger partial charge in [-0.15, -0.1) is 0 Å². The van der Waals surface area contributed by atoms with Crippen LogP contribution in [0.3, 0.4) is 0 Å². The lowest BCUT2D eigenvalue weighted by Crippen LogP contribution is -2.10. The maximum Gasteiger partial charge on any atom is 0.149 e. The maximum absolute atomic E-state index is 5.88. The first-order valence-electron chi connectivity index (χ1n) is 5.24. The lowest BCUT2D eigenvalue weighted by molar-refractivity contribution is 0.867. The van der Waals surface area contributed by atoms with E-state index < -0.39 is 0 Å². The van der Waals surface area contributed by atoms with Crippen LogP contribution in [0.25, 0.3) is 0 Å². The summed E-state index contributed by atoms with van der Waals surface area (Å²) in [5, 5.41) is 3.26. The van der Waals surface area contributed by atoms with E-state index in [0.29, 0.717) is 11.5 Å². The van der Waals surface area contributed by atoms with Gasteiger partial charge in [0.1, 0.15) is 5.82 Å². The highest BCUT2D eigenvalue weighted by molar-refractivity contribution is 9.10. The molecule has 2 aromatic heterocycles. The number of anilines is 2. The zero-order valence-corrected chi connectivity index (χ0v) is 11.0. The summed E-state index contributed by atoms with van der Waals surface area (Å²) < 4.78 is 0.870. The van der Waals surface area contributed by atoms with Crippen molar-refractivity contribution in [2.45, 2.75) is 13.0 Å². The van der Waals surface area contributed by atoms with Crippen LogP contribution in [0, 0.1) is 0 Å². The van der Waals surface area contributed by atoms with Gasteiger partial charge in [0.15, 0.2) is 0 Å². The number of halogens is 1. The van der Waals surface area contributed by atoms with Crippen LogP contribution in [0.2, 0.25) is 0 Å². The van der Waals surface area contributed by atoms with Crippen LogP contribution in [-0.4, -0.2) is 9.97 Å². The predicted molar refractivity (Wildman–Crippen MR) is 72.6 cm³/mol. The van der Waals surface area contributed by atoms with Crippen molar-refractivity contribution in [2.75, 3.05) is 11.1 Å². The van der Waals surface area contributed by atoms with E-state index in [1.54, 1.807) is 12.4 Å². The summed E-state index contributed by atoms with van der Waals surface area (Å²) in [5.41, 5.74) is 7.59. The molecule has 0 saturated heterocycles. The van der Waals surface area contributed by atoms with Gasteiger partial charge in [-0.3, -0.25) is 4.98 Å². The molecule has 0 aliphatic carbocycles. The molecule has 1 unspecified atom stereocenters. The van der Waals surface area contributed by atoms with E-state index in [1.807, 2.05) is 31.3 Å². The molecule has 0 spiro atoms. The van der Waals surface area contributed by atoms with Crippen LogP contribution >= 0.6 is 15.9 Å². The van der Waals surface area contributed by atoms with E-state index in [1.165, 1.54) is 0 Å². The molecule has 0 fully saturated rings. The van der Waals surface area contributed by atoms with E-state index in [9.17, 15) is 0 Å². The summed E-state index contributed by atoms with van der Waals surface area (Å²) >= 11 is 3.33.